The predicted octanol–water partition coefficient (Wildman–Crippen LogP) is 3.82. The number of aromatic nitrogens is 1. The lowest BCUT2D eigenvalue weighted by atomic mass is 9.78. The number of nitrogens with one attached hydrogen (secondary N) is 2. The van der Waals surface area contributed by atoms with Gasteiger partial charge in [0.1, 0.15) is 5.82 Å². The second-order valence-electron chi connectivity index (χ2n) is 9.79. The standard InChI is InChI=1S/C24H41N5O2.HI/c1-6-25-23(28-16-20-8-7-12-31-22(20)24(3,4)5)27-15-19-9-10-21(26-14-19)29-11-13-30-18(2)17-29;/h9-10,14,18,20,22H,6-8,11-13,15-17H2,1-5H3,(H2,25,27,28);1H. The van der Waals surface area contributed by atoms with Gasteiger partial charge in [0.05, 0.1) is 25.4 Å². The SMILES string of the molecule is CCNC(=NCc1ccc(N2CCOC(C)C2)nc1)NCC1CCCOC1C(C)(C)C.I. The summed E-state index contributed by atoms with van der Waals surface area (Å²) < 4.78 is 11.7. The molecule has 3 unspecified atom stereocenters. The number of aliphatic imine (C=N–C) groups is 1. The first-order valence-corrected chi connectivity index (χ1v) is 11.8. The number of anilines is 1. The summed E-state index contributed by atoms with van der Waals surface area (Å²) in [6.45, 7) is 16.7. The molecule has 2 N–H and O–H groups in total. The first-order chi connectivity index (χ1) is 14.9. The molecule has 2 aliphatic heterocycles. The Labute approximate surface area is 211 Å². The third kappa shape index (κ3) is 8.02. The summed E-state index contributed by atoms with van der Waals surface area (Å²) in [6.07, 6.45) is 4.79. The average Bonchev–Trinajstić information content (AvgIpc) is 2.75. The van der Waals surface area contributed by atoms with Crippen LogP contribution in [0.5, 0.6) is 0 Å². The minimum absolute atomic E-state index is 0. The maximum absolute atomic E-state index is 6.12. The molecule has 32 heavy (non-hydrogen) atoms. The number of hydrogen-bond donors (Lipinski definition) is 2. The quantitative estimate of drug-likeness (QED) is 0.314. The predicted molar refractivity (Wildman–Crippen MR) is 142 cm³/mol. The Morgan fingerprint density at radius 2 is 2.03 bits per heavy atom. The zero-order valence-corrected chi connectivity index (χ0v) is 22.7. The molecule has 3 rings (SSSR count). The van der Waals surface area contributed by atoms with E-state index in [-0.39, 0.29) is 41.6 Å². The Morgan fingerprint density at radius 3 is 2.69 bits per heavy atom. The van der Waals surface area contributed by atoms with Crippen molar-refractivity contribution in [2.45, 2.75) is 66.2 Å². The molecule has 2 saturated heterocycles. The number of hydrogen-bond acceptors (Lipinski definition) is 5. The lowest BCUT2D eigenvalue weighted by molar-refractivity contribution is -0.0835. The van der Waals surface area contributed by atoms with Crippen molar-refractivity contribution in [1.29, 1.82) is 0 Å². The van der Waals surface area contributed by atoms with E-state index in [0.717, 1.165) is 63.2 Å². The van der Waals surface area contributed by atoms with Gasteiger partial charge in [-0.05, 0) is 43.7 Å². The summed E-state index contributed by atoms with van der Waals surface area (Å²) in [6, 6.07) is 4.22. The van der Waals surface area contributed by atoms with Crippen LogP contribution in [0.1, 0.15) is 53.0 Å². The smallest absolute Gasteiger partial charge is 0.191 e. The highest BCUT2D eigenvalue weighted by Gasteiger charge is 2.35. The van der Waals surface area contributed by atoms with E-state index in [1.807, 2.05) is 6.20 Å². The summed E-state index contributed by atoms with van der Waals surface area (Å²) in [5.41, 5.74) is 1.25. The fraction of sp³-hybridized carbons (Fsp3) is 0.750. The van der Waals surface area contributed by atoms with Gasteiger partial charge >= 0.3 is 0 Å². The largest absolute Gasteiger partial charge is 0.377 e. The van der Waals surface area contributed by atoms with Crippen molar-refractivity contribution in [3.8, 4) is 0 Å². The first kappa shape index (κ1) is 27.1. The van der Waals surface area contributed by atoms with Crippen molar-refractivity contribution in [2.75, 3.05) is 44.3 Å². The molecule has 8 heteroatoms. The van der Waals surface area contributed by atoms with E-state index in [4.69, 9.17) is 14.5 Å². The van der Waals surface area contributed by atoms with Crippen LogP contribution >= 0.6 is 24.0 Å². The molecule has 3 heterocycles. The summed E-state index contributed by atoms with van der Waals surface area (Å²) in [7, 11) is 0. The lowest BCUT2D eigenvalue weighted by Gasteiger charge is -2.40. The van der Waals surface area contributed by atoms with Gasteiger partial charge in [-0.25, -0.2) is 9.98 Å². The van der Waals surface area contributed by atoms with Crippen LogP contribution in [-0.4, -0.2) is 62.5 Å². The van der Waals surface area contributed by atoms with Gasteiger partial charge in [-0.2, -0.15) is 0 Å². The Bertz CT molecular complexity index is 707. The molecule has 1 aromatic rings. The fourth-order valence-corrected chi connectivity index (χ4v) is 4.47. The molecule has 0 radical (unpaired) electrons. The summed E-state index contributed by atoms with van der Waals surface area (Å²) in [4.78, 5) is 11.7. The van der Waals surface area contributed by atoms with Crippen LogP contribution in [0.3, 0.4) is 0 Å². The zero-order chi connectivity index (χ0) is 22.3. The third-order valence-electron chi connectivity index (χ3n) is 5.97. The minimum Gasteiger partial charge on any atom is -0.377 e. The summed E-state index contributed by atoms with van der Waals surface area (Å²) in [5.74, 6) is 2.36. The van der Waals surface area contributed by atoms with Crippen molar-refractivity contribution in [1.82, 2.24) is 15.6 Å². The van der Waals surface area contributed by atoms with E-state index < -0.39 is 0 Å². The van der Waals surface area contributed by atoms with Crippen LogP contribution in [-0.2, 0) is 16.0 Å². The number of pyridine rings is 1. The molecule has 3 atom stereocenters. The van der Waals surface area contributed by atoms with Gasteiger partial charge in [0.15, 0.2) is 5.96 Å². The topological polar surface area (TPSA) is 71.0 Å². The number of guanidine groups is 1. The zero-order valence-electron chi connectivity index (χ0n) is 20.4. The molecular weight excluding hydrogens is 517 g/mol. The molecule has 1 aromatic heterocycles. The van der Waals surface area contributed by atoms with Gasteiger partial charge in [-0.1, -0.05) is 26.8 Å². The molecule has 2 aliphatic rings. The first-order valence-electron chi connectivity index (χ1n) is 11.8. The Kier molecular flexibility index (Phi) is 11.0. The number of morpholine rings is 1. The number of rotatable bonds is 6. The number of nitrogens with zero attached hydrogens (tertiary/aromatic N) is 3. The molecule has 0 bridgehead atoms. The molecule has 182 valence electrons. The maximum Gasteiger partial charge on any atom is 0.191 e. The maximum atomic E-state index is 6.12. The molecule has 0 amide bonds. The highest BCUT2D eigenvalue weighted by molar-refractivity contribution is 14.0. The molecule has 2 fully saturated rings. The minimum atomic E-state index is 0. The van der Waals surface area contributed by atoms with Crippen LogP contribution in [0.25, 0.3) is 0 Å². The van der Waals surface area contributed by atoms with Gasteiger partial charge in [0.25, 0.3) is 0 Å². The normalized spacial score (nSPS) is 24.6. The Balaban J connectivity index is 0.00000363. The van der Waals surface area contributed by atoms with Crippen LogP contribution < -0.4 is 15.5 Å². The van der Waals surface area contributed by atoms with Gasteiger partial charge in [-0.15, -0.1) is 24.0 Å². The van der Waals surface area contributed by atoms with Crippen molar-refractivity contribution in [3.63, 3.8) is 0 Å². The van der Waals surface area contributed by atoms with E-state index in [1.165, 1.54) is 6.42 Å². The van der Waals surface area contributed by atoms with Crippen molar-refractivity contribution in [3.05, 3.63) is 23.9 Å². The molecule has 0 saturated carbocycles. The lowest BCUT2D eigenvalue weighted by Crippen LogP contribution is -2.47. The molecule has 0 spiro atoms. The molecule has 0 aromatic carbocycles. The summed E-state index contributed by atoms with van der Waals surface area (Å²) in [5, 5.41) is 6.92. The van der Waals surface area contributed by atoms with Crippen molar-refractivity contribution in [2.24, 2.45) is 16.3 Å². The van der Waals surface area contributed by atoms with E-state index in [0.29, 0.717) is 12.5 Å². The summed E-state index contributed by atoms with van der Waals surface area (Å²) >= 11 is 0. The van der Waals surface area contributed by atoms with Gasteiger partial charge < -0.3 is 25.0 Å². The Hall–Kier alpha value is -1.13. The third-order valence-corrected chi connectivity index (χ3v) is 5.97. The number of ether oxygens (including phenoxy) is 2. The van der Waals surface area contributed by atoms with Crippen LogP contribution in [0.2, 0.25) is 0 Å². The van der Waals surface area contributed by atoms with Gasteiger partial charge in [-0.3, -0.25) is 0 Å². The highest BCUT2D eigenvalue weighted by Crippen LogP contribution is 2.33. The van der Waals surface area contributed by atoms with Crippen LogP contribution in [0, 0.1) is 11.3 Å². The number of halogens is 1. The monoisotopic (exact) mass is 559 g/mol. The van der Waals surface area contributed by atoms with Crippen molar-refractivity contribution >= 4 is 35.8 Å². The Morgan fingerprint density at radius 1 is 1.22 bits per heavy atom. The fourth-order valence-electron chi connectivity index (χ4n) is 4.47. The van der Waals surface area contributed by atoms with E-state index in [1.54, 1.807) is 0 Å². The van der Waals surface area contributed by atoms with Crippen molar-refractivity contribution < 1.29 is 9.47 Å². The van der Waals surface area contributed by atoms with Crippen LogP contribution in [0.15, 0.2) is 23.3 Å². The van der Waals surface area contributed by atoms with E-state index in [2.05, 4.69) is 67.3 Å². The second kappa shape index (κ2) is 12.9. The average molecular weight is 560 g/mol. The molecular formula is C24H42IN5O2. The molecule has 7 nitrogen and oxygen atoms in total. The second-order valence-corrected chi connectivity index (χ2v) is 9.79. The highest BCUT2D eigenvalue weighted by atomic mass is 127. The van der Waals surface area contributed by atoms with Crippen LogP contribution in [0.4, 0.5) is 5.82 Å². The van der Waals surface area contributed by atoms with E-state index >= 15 is 0 Å². The van der Waals surface area contributed by atoms with Gasteiger partial charge in [0.2, 0.25) is 0 Å². The molecule has 0 aliphatic carbocycles. The van der Waals surface area contributed by atoms with E-state index in [9.17, 15) is 0 Å². The van der Waals surface area contributed by atoms with Gasteiger partial charge in [0, 0.05) is 44.9 Å².